The quantitative estimate of drug-likeness (QED) is 0.607. The molecule has 0 atom stereocenters. The van der Waals surface area contributed by atoms with Gasteiger partial charge in [0.25, 0.3) is 0 Å². The van der Waals surface area contributed by atoms with Gasteiger partial charge in [-0.25, -0.2) is 0 Å². The summed E-state index contributed by atoms with van der Waals surface area (Å²) >= 11 is 6.55. The van der Waals surface area contributed by atoms with Crippen molar-refractivity contribution >= 4 is 22.9 Å². The zero-order valence-electron chi connectivity index (χ0n) is 13.6. The molecule has 0 unspecified atom stereocenters. The monoisotopic (exact) mass is 351 g/mol. The first-order valence-electron chi connectivity index (χ1n) is 7.57. The van der Waals surface area contributed by atoms with Crippen LogP contribution in [-0.4, -0.2) is 5.54 Å². The average Bonchev–Trinajstić information content (AvgIpc) is 2.45. The lowest BCUT2D eigenvalue weighted by Gasteiger charge is -2.32. The summed E-state index contributed by atoms with van der Waals surface area (Å²) in [5.41, 5.74) is 2.91. The summed E-state index contributed by atoms with van der Waals surface area (Å²) in [5, 5.41) is 3.84. The van der Waals surface area contributed by atoms with Gasteiger partial charge >= 0.3 is 6.18 Å². The molecule has 1 nitrogen and oxygen atoms in total. The number of allylic oxidation sites excluding steroid dienone is 1. The van der Waals surface area contributed by atoms with Crippen molar-refractivity contribution in [2.24, 2.45) is 0 Å². The summed E-state index contributed by atoms with van der Waals surface area (Å²) in [6.45, 7) is 6.06. The van der Waals surface area contributed by atoms with Crippen LogP contribution < -0.4 is 5.32 Å². The van der Waals surface area contributed by atoms with Gasteiger partial charge in [-0.1, -0.05) is 35.9 Å². The van der Waals surface area contributed by atoms with Crippen molar-refractivity contribution in [2.75, 3.05) is 5.32 Å². The van der Waals surface area contributed by atoms with Gasteiger partial charge in [-0.15, -0.1) is 0 Å². The van der Waals surface area contributed by atoms with E-state index in [4.69, 9.17) is 11.6 Å². The van der Waals surface area contributed by atoms with E-state index in [1.54, 1.807) is 12.1 Å². The highest BCUT2D eigenvalue weighted by molar-refractivity contribution is 6.35. The lowest BCUT2D eigenvalue weighted by atomic mass is 9.89. The van der Waals surface area contributed by atoms with Crippen LogP contribution in [0.2, 0.25) is 5.02 Å². The molecule has 0 bridgehead atoms. The third-order valence-corrected chi connectivity index (χ3v) is 4.46. The first kappa shape index (κ1) is 16.9. The highest BCUT2D eigenvalue weighted by atomic mass is 35.5. The minimum Gasteiger partial charge on any atom is -0.376 e. The summed E-state index contributed by atoms with van der Waals surface area (Å²) in [6, 6.07) is 8.87. The van der Waals surface area contributed by atoms with Crippen LogP contribution in [0.5, 0.6) is 0 Å². The number of anilines is 1. The van der Waals surface area contributed by atoms with Gasteiger partial charge in [-0.3, -0.25) is 0 Å². The van der Waals surface area contributed by atoms with Crippen molar-refractivity contribution in [1.82, 2.24) is 0 Å². The standard InChI is InChI=1S/C19H17ClF3N/c1-11-10-18(2,3)24-15-8-7-14(17(20)16(11)15)12-5-4-6-13(9-12)19(21,22)23/h4-10,24H,1-3H3. The second-order valence-corrected chi connectivity index (χ2v) is 6.98. The minimum atomic E-state index is -4.38. The first-order chi connectivity index (χ1) is 11.1. The third kappa shape index (κ3) is 3.03. The number of alkyl halides is 3. The molecule has 1 aliphatic rings. The Balaban J connectivity index is 2.14. The highest BCUT2D eigenvalue weighted by Crippen LogP contribution is 2.43. The van der Waals surface area contributed by atoms with Crippen molar-refractivity contribution in [3.63, 3.8) is 0 Å². The first-order valence-corrected chi connectivity index (χ1v) is 7.94. The van der Waals surface area contributed by atoms with Gasteiger partial charge in [0.2, 0.25) is 0 Å². The molecule has 5 heteroatoms. The molecule has 24 heavy (non-hydrogen) atoms. The smallest absolute Gasteiger partial charge is 0.376 e. The van der Waals surface area contributed by atoms with Gasteiger partial charge in [0.15, 0.2) is 0 Å². The fraction of sp³-hybridized carbons (Fsp3) is 0.263. The Morgan fingerprint density at radius 3 is 2.46 bits per heavy atom. The number of nitrogens with one attached hydrogen (secondary N) is 1. The predicted octanol–water partition coefficient (Wildman–Crippen LogP) is 6.63. The van der Waals surface area contributed by atoms with Gasteiger partial charge < -0.3 is 5.32 Å². The van der Waals surface area contributed by atoms with Crippen LogP contribution in [0.25, 0.3) is 16.7 Å². The molecule has 1 heterocycles. The van der Waals surface area contributed by atoms with Gasteiger partial charge in [0, 0.05) is 16.8 Å². The van der Waals surface area contributed by atoms with Crippen LogP contribution in [0.4, 0.5) is 18.9 Å². The van der Waals surface area contributed by atoms with Crippen molar-refractivity contribution in [1.29, 1.82) is 0 Å². The second-order valence-electron chi connectivity index (χ2n) is 6.60. The topological polar surface area (TPSA) is 12.0 Å². The molecule has 1 N–H and O–H groups in total. The van der Waals surface area contributed by atoms with Crippen molar-refractivity contribution < 1.29 is 13.2 Å². The van der Waals surface area contributed by atoms with Crippen molar-refractivity contribution in [2.45, 2.75) is 32.5 Å². The molecular weight excluding hydrogens is 335 g/mol. The maximum Gasteiger partial charge on any atom is 0.416 e. The normalized spacial score (nSPS) is 16.2. The fourth-order valence-corrected chi connectivity index (χ4v) is 3.57. The van der Waals surface area contributed by atoms with Crippen LogP contribution in [-0.2, 0) is 6.18 Å². The summed E-state index contributed by atoms with van der Waals surface area (Å²) in [6.07, 6.45) is -2.31. The Labute approximate surface area is 144 Å². The largest absolute Gasteiger partial charge is 0.416 e. The molecule has 126 valence electrons. The summed E-state index contributed by atoms with van der Waals surface area (Å²) in [4.78, 5) is 0. The molecular formula is C19H17ClF3N. The van der Waals surface area contributed by atoms with E-state index < -0.39 is 11.7 Å². The minimum absolute atomic E-state index is 0.196. The second kappa shape index (κ2) is 5.55. The van der Waals surface area contributed by atoms with Crippen LogP contribution in [0.15, 0.2) is 42.5 Å². The number of hydrogen-bond donors (Lipinski definition) is 1. The van der Waals surface area contributed by atoms with E-state index in [1.165, 1.54) is 6.07 Å². The van der Waals surface area contributed by atoms with Crippen LogP contribution in [0.3, 0.4) is 0 Å². The van der Waals surface area contributed by atoms with Gasteiger partial charge in [0.05, 0.1) is 16.1 Å². The molecule has 0 aromatic heterocycles. The van der Waals surface area contributed by atoms with E-state index in [2.05, 4.69) is 11.4 Å². The molecule has 0 saturated heterocycles. The molecule has 0 saturated carbocycles. The van der Waals surface area contributed by atoms with Crippen molar-refractivity contribution in [3.05, 3.63) is 58.6 Å². The molecule has 2 aromatic carbocycles. The van der Waals surface area contributed by atoms with Crippen LogP contribution in [0.1, 0.15) is 31.9 Å². The Bertz CT molecular complexity index is 835. The van der Waals surface area contributed by atoms with Gasteiger partial charge in [-0.05, 0) is 50.1 Å². The van der Waals surface area contributed by atoms with E-state index in [9.17, 15) is 13.2 Å². The van der Waals surface area contributed by atoms with Crippen LogP contribution in [0, 0.1) is 0 Å². The fourth-order valence-electron chi connectivity index (χ4n) is 3.15. The maximum absolute atomic E-state index is 13.0. The Morgan fingerprint density at radius 2 is 1.79 bits per heavy atom. The molecule has 2 aromatic rings. The highest BCUT2D eigenvalue weighted by Gasteiger charge is 2.31. The lowest BCUT2D eigenvalue weighted by molar-refractivity contribution is -0.137. The third-order valence-electron chi connectivity index (χ3n) is 4.07. The zero-order chi connectivity index (χ0) is 17.7. The molecule has 0 radical (unpaired) electrons. The number of rotatable bonds is 1. The Hall–Kier alpha value is -1.94. The maximum atomic E-state index is 13.0. The van der Waals surface area contributed by atoms with Gasteiger partial charge in [-0.2, -0.15) is 13.2 Å². The summed E-state index contributed by atoms with van der Waals surface area (Å²) in [7, 11) is 0. The SMILES string of the molecule is CC1=CC(C)(C)Nc2ccc(-c3cccc(C(F)(F)F)c3)c(Cl)c21. The molecule has 0 fully saturated rings. The summed E-state index contributed by atoms with van der Waals surface area (Å²) in [5.74, 6) is 0. The molecule has 1 aliphatic heterocycles. The Kier molecular flexibility index (Phi) is 3.91. The van der Waals surface area contributed by atoms with Gasteiger partial charge in [0.1, 0.15) is 0 Å². The zero-order valence-corrected chi connectivity index (χ0v) is 14.3. The van der Waals surface area contributed by atoms with E-state index in [0.717, 1.165) is 29.0 Å². The summed E-state index contributed by atoms with van der Waals surface area (Å²) < 4.78 is 38.9. The van der Waals surface area contributed by atoms with Crippen molar-refractivity contribution in [3.8, 4) is 11.1 Å². The number of benzene rings is 2. The molecule has 3 rings (SSSR count). The van der Waals surface area contributed by atoms with E-state index in [0.29, 0.717) is 16.1 Å². The molecule has 0 aliphatic carbocycles. The average molecular weight is 352 g/mol. The number of hydrogen-bond acceptors (Lipinski definition) is 1. The number of fused-ring (bicyclic) bond motifs is 1. The lowest BCUT2D eigenvalue weighted by Crippen LogP contribution is -2.31. The van der Waals surface area contributed by atoms with Crippen LogP contribution >= 0.6 is 11.6 Å². The van der Waals surface area contributed by atoms with E-state index in [-0.39, 0.29) is 5.54 Å². The van der Waals surface area contributed by atoms with E-state index in [1.807, 2.05) is 26.8 Å². The number of halogens is 4. The predicted molar refractivity (Wildman–Crippen MR) is 93.2 cm³/mol. The Morgan fingerprint density at radius 1 is 1.08 bits per heavy atom. The molecule has 0 amide bonds. The molecule has 0 spiro atoms. The van der Waals surface area contributed by atoms with E-state index >= 15 is 0 Å².